The summed E-state index contributed by atoms with van der Waals surface area (Å²) in [6.07, 6.45) is 2.32. The average molecular weight is 237 g/mol. The van der Waals surface area contributed by atoms with Crippen molar-refractivity contribution >= 4 is 5.91 Å². The Morgan fingerprint density at radius 1 is 1.47 bits per heavy atom. The fourth-order valence-corrected chi connectivity index (χ4v) is 1.44. The number of pyridine rings is 1. The van der Waals surface area contributed by atoms with Crippen LogP contribution in [-0.4, -0.2) is 43.0 Å². The molecule has 17 heavy (non-hydrogen) atoms. The Labute approximate surface area is 101 Å². The molecule has 0 bridgehead atoms. The Morgan fingerprint density at radius 3 is 2.76 bits per heavy atom. The first-order valence-electron chi connectivity index (χ1n) is 5.63. The second-order valence-corrected chi connectivity index (χ2v) is 4.31. The van der Waals surface area contributed by atoms with E-state index in [-0.39, 0.29) is 16.9 Å². The molecule has 1 aromatic heterocycles. The van der Waals surface area contributed by atoms with Crippen molar-refractivity contribution in [3.63, 3.8) is 0 Å². The molecule has 0 aliphatic heterocycles. The summed E-state index contributed by atoms with van der Waals surface area (Å²) in [7, 11) is 3.96. The molecule has 0 spiro atoms. The number of nitrogens with one attached hydrogen (secondary N) is 2. The molecule has 0 aliphatic carbocycles. The van der Waals surface area contributed by atoms with E-state index in [1.807, 2.05) is 19.0 Å². The van der Waals surface area contributed by atoms with Gasteiger partial charge in [0.1, 0.15) is 5.56 Å². The lowest BCUT2D eigenvalue weighted by molar-refractivity contribution is 0.0951. The number of aromatic amines is 1. The molecule has 0 aliphatic rings. The number of rotatable bonds is 5. The summed E-state index contributed by atoms with van der Waals surface area (Å²) in [6.45, 7) is 3.26. The lowest BCUT2D eigenvalue weighted by Gasteiger charge is -2.09. The van der Waals surface area contributed by atoms with Crippen molar-refractivity contribution in [3.8, 4) is 0 Å². The van der Waals surface area contributed by atoms with Crippen LogP contribution in [0.4, 0.5) is 0 Å². The first-order valence-corrected chi connectivity index (χ1v) is 5.63. The molecule has 1 heterocycles. The Morgan fingerprint density at radius 2 is 2.18 bits per heavy atom. The smallest absolute Gasteiger partial charge is 0.256 e. The van der Waals surface area contributed by atoms with Gasteiger partial charge in [0.2, 0.25) is 0 Å². The fraction of sp³-hybridized carbons (Fsp3) is 0.500. The summed E-state index contributed by atoms with van der Waals surface area (Å²) in [5, 5.41) is 2.73. The van der Waals surface area contributed by atoms with E-state index in [1.165, 1.54) is 12.3 Å². The van der Waals surface area contributed by atoms with Crippen molar-refractivity contribution in [2.75, 3.05) is 27.2 Å². The van der Waals surface area contributed by atoms with Gasteiger partial charge < -0.3 is 15.2 Å². The number of hydrogen-bond acceptors (Lipinski definition) is 3. The fourth-order valence-electron chi connectivity index (χ4n) is 1.44. The summed E-state index contributed by atoms with van der Waals surface area (Å²) in [4.78, 5) is 28.1. The molecule has 0 fully saturated rings. The molecule has 1 rings (SSSR count). The van der Waals surface area contributed by atoms with Gasteiger partial charge in [0.25, 0.3) is 5.91 Å². The van der Waals surface area contributed by atoms with Gasteiger partial charge in [0.15, 0.2) is 5.43 Å². The molecule has 1 amide bonds. The van der Waals surface area contributed by atoms with Crippen molar-refractivity contribution < 1.29 is 4.79 Å². The number of carbonyl (C=O) groups excluding carboxylic acids is 1. The molecule has 94 valence electrons. The largest absolute Gasteiger partial charge is 0.364 e. The number of nitrogens with zero attached hydrogens (tertiary/aromatic N) is 1. The maximum atomic E-state index is 11.7. The van der Waals surface area contributed by atoms with Gasteiger partial charge in [-0.25, -0.2) is 0 Å². The van der Waals surface area contributed by atoms with Crippen LogP contribution in [0.15, 0.2) is 17.1 Å². The summed E-state index contributed by atoms with van der Waals surface area (Å²) < 4.78 is 0. The molecule has 1 aromatic rings. The molecule has 0 aromatic carbocycles. The first kappa shape index (κ1) is 13.4. The molecule has 0 saturated heterocycles. The summed E-state index contributed by atoms with van der Waals surface area (Å²) >= 11 is 0. The van der Waals surface area contributed by atoms with Gasteiger partial charge >= 0.3 is 0 Å². The highest BCUT2D eigenvalue weighted by molar-refractivity contribution is 5.93. The van der Waals surface area contributed by atoms with Crippen LogP contribution in [-0.2, 0) is 0 Å². The van der Waals surface area contributed by atoms with E-state index in [0.29, 0.717) is 6.54 Å². The minimum Gasteiger partial charge on any atom is -0.364 e. The van der Waals surface area contributed by atoms with Crippen LogP contribution in [0.5, 0.6) is 0 Å². The number of aryl methyl sites for hydroxylation is 1. The van der Waals surface area contributed by atoms with Crippen LogP contribution in [0.25, 0.3) is 0 Å². The van der Waals surface area contributed by atoms with Gasteiger partial charge in [-0.2, -0.15) is 0 Å². The van der Waals surface area contributed by atoms with Crippen molar-refractivity contribution in [1.29, 1.82) is 0 Å². The molecule has 5 heteroatoms. The van der Waals surface area contributed by atoms with Crippen LogP contribution in [0.2, 0.25) is 0 Å². The summed E-state index contributed by atoms with van der Waals surface area (Å²) in [5.74, 6) is -0.315. The molecular weight excluding hydrogens is 218 g/mol. The zero-order valence-corrected chi connectivity index (χ0v) is 10.5. The Kier molecular flexibility index (Phi) is 4.90. The third-order valence-corrected chi connectivity index (χ3v) is 2.37. The second kappa shape index (κ2) is 6.20. The number of aromatic nitrogens is 1. The molecule has 2 N–H and O–H groups in total. The van der Waals surface area contributed by atoms with Crippen LogP contribution in [0, 0.1) is 6.92 Å². The van der Waals surface area contributed by atoms with Crippen LogP contribution >= 0.6 is 0 Å². The number of carbonyl (C=O) groups is 1. The van der Waals surface area contributed by atoms with Crippen LogP contribution in [0.3, 0.4) is 0 Å². The standard InChI is InChI=1S/C12H19N3O2/c1-9-7-11(16)10(8-14-9)12(17)13-5-4-6-15(2)3/h7-8H,4-6H2,1-3H3,(H,13,17)(H,14,16). The number of hydrogen-bond donors (Lipinski definition) is 2. The predicted molar refractivity (Wildman–Crippen MR) is 67.3 cm³/mol. The highest BCUT2D eigenvalue weighted by Crippen LogP contribution is 1.92. The van der Waals surface area contributed by atoms with E-state index in [2.05, 4.69) is 10.3 Å². The SMILES string of the molecule is Cc1cc(=O)c(C(=O)NCCCN(C)C)c[nH]1. The zero-order chi connectivity index (χ0) is 12.8. The van der Waals surface area contributed by atoms with Crippen molar-refractivity contribution in [1.82, 2.24) is 15.2 Å². The maximum Gasteiger partial charge on any atom is 0.256 e. The Bertz CT molecular complexity index is 438. The first-order chi connectivity index (χ1) is 8.00. The van der Waals surface area contributed by atoms with E-state index in [0.717, 1.165) is 18.7 Å². The lowest BCUT2D eigenvalue weighted by Crippen LogP contribution is -2.30. The van der Waals surface area contributed by atoms with Crippen LogP contribution in [0.1, 0.15) is 22.5 Å². The summed E-state index contributed by atoms with van der Waals surface area (Å²) in [5.41, 5.74) is 0.672. The molecule has 0 saturated carbocycles. The minimum atomic E-state index is -0.315. The van der Waals surface area contributed by atoms with E-state index in [1.54, 1.807) is 6.92 Å². The molecule has 0 radical (unpaired) electrons. The van der Waals surface area contributed by atoms with Gasteiger partial charge in [-0.05, 0) is 34.0 Å². The second-order valence-electron chi connectivity index (χ2n) is 4.31. The van der Waals surface area contributed by atoms with Gasteiger partial charge in [-0.15, -0.1) is 0 Å². The Balaban J connectivity index is 2.50. The van der Waals surface area contributed by atoms with Crippen molar-refractivity contribution in [3.05, 3.63) is 33.7 Å². The normalized spacial score (nSPS) is 10.6. The lowest BCUT2D eigenvalue weighted by atomic mass is 10.2. The maximum absolute atomic E-state index is 11.7. The predicted octanol–water partition coefficient (Wildman–Crippen LogP) is 0.365. The molecule has 0 unspecified atom stereocenters. The zero-order valence-electron chi connectivity index (χ0n) is 10.5. The molecule has 0 atom stereocenters. The van der Waals surface area contributed by atoms with Crippen molar-refractivity contribution in [2.45, 2.75) is 13.3 Å². The average Bonchev–Trinajstić information content (AvgIpc) is 2.23. The van der Waals surface area contributed by atoms with Gasteiger partial charge in [0.05, 0.1) is 0 Å². The van der Waals surface area contributed by atoms with E-state index < -0.39 is 0 Å². The van der Waals surface area contributed by atoms with Crippen molar-refractivity contribution in [2.24, 2.45) is 0 Å². The van der Waals surface area contributed by atoms with E-state index in [4.69, 9.17) is 0 Å². The van der Waals surface area contributed by atoms with Gasteiger partial charge in [0, 0.05) is 24.5 Å². The molecule has 5 nitrogen and oxygen atoms in total. The van der Waals surface area contributed by atoms with E-state index in [9.17, 15) is 9.59 Å². The topological polar surface area (TPSA) is 65.2 Å². The van der Waals surface area contributed by atoms with Gasteiger partial charge in [-0.1, -0.05) is 0 Å². The highest BCUT2D eigenvalue weighted by Gasteiger charge is 2.09. The third kappa shape index (κ3) is 4.40. The number of amides is 1. The minimum absolute atomic E-state index is 0.167. The number of H-pyrrole nitrogens is 1. The monoisotopic (exact) mass is 237 g/mol. The Hall–Kier alpha value is -1.62. The quantitative estimate of drug-likeness (QED) is 0.727. The highest BCUT2D eigenvalue weighted by atomic mass is 16.2. The van der Waals surface area contributed by atoms with Gasteiger partial charge in [-0.3, -0.25) is 9.59 Å². The third-order valence-electron chi connectivity index (χ3n) is 2.37. The van der Waals surface area contributed by atoms with Crippen LogP contribution < -0.4 is 10.7 Å². The van der Waals surface area contributed by atoms with E-state index >= 15 is 0 Å². The molecular formula is C12H19N3O2. The summed E-state index contributed by atoms with van der Waals surface area (Å²) in [6, 6.07) is 1.43.